The van der Waals surface area contributed by atoms with Crippen molar-refractivity contribution < 1.29 is 0 Å². The van der Waals surface area contributed by atoms with Gasteiger partial charge in [0.25, 0.3) is 0 Å². The average Bonchev–Trinajstić information content (AvgIpc) is 2.46. The van der Waals surface area contributed by atoms with Crippen molar-refractivity contribution in [2.24, 2.45) is 0 Å². The maximum Gasteiger partial charge on any atom is 0.0744 e. The summed E-state index contributed by atoms with van der Waals surface area (Å²) in [6.45, 7) is 6.58. The Labute approximate surface area is 120 Å². The van der Waals surface area contributed by atoms with Crippen molar-refractivity contribution in [3.63, 3.8) is 0 Å². The molecule has 0 atom stereocenters. The van der Waals surface area contributed by atoms with E-state index in [1.165, 1.54) is 22.1 Å². The minimum absolute atomic E-state index is 0.461. The Morgan fingerprint density at radius 1 is 0.900 bits per heavy atom. The summed E-state index contributed by atoms with van der Waals surface area (Å²) in [5, 5.41) is 1.22. The summed E-state index contributed by atoms with van der Waals surface area (Å²) in [7, 11) is 0. The molecule has 0 aliphatic carbocycles. The molecule has 0 aliphatic rings. The molecule has 2 aromatic carbocycles. The average molecular weight is 261 g/mol. The summed E-state index contributed by atoms with van der Waals surface area (Å²) < 4.78 is 0. The van der Waals surface area contributed by atoms with Crippen LogP contribution in [0, 0.1) is 6.92 Å². The van der Waals surface area contributed by atoms with Gasteiger partial charge in [-0.15, -0.1) is 0 Å². The molecule has 3 aromatic rings. The zero-order chi connectivity index (χ0) is 14.1. The number of fused-ring (bicyclic) bond motifs is 1. The second-order valence-corrected chi connectivity index (χ2v) is 5.64. The molecule has 0 saturated heterocycles. The topological polar surface area (TPSA) is 12.9 Å². The quantitative estimate of drug-likeness (QED) is 0.607. The van der Waals surface area contributed by atoms with E-state index in [4.69, 9.17) is 4.98 Å². The lowest BCUT2D eigenvalue weighted by atomic mass is 9.95. The van der Waals surface area contributed by atoms with Crippen molar-refractivity contribution in [1.82, 2.24) is 4.98 Å². The van der Waals surface area contributed by atoms with E-state index in [9.17, 15) is 0 Å². The van der Waals surface area contributed by atoms with Crippen molar-refractivity contribution in [2.45, 2.75) is 26.7 Å². The molecular weight excluding hydrogens is 242 g/mol. The fourth-order valence-corrected chi connectivity index (χ4v) is 2.60. The number of nitrogens with zero attached hydrogens (tertiary/aromatic N) is 1. The van der Waals surface area contributed by atoms with Gasteiger partial charge in [-0.3, -0.25) is 0 Å². The fraction of sp³-hybridized carbons (Fsp3) is 0.211. The van der Waals surface area contributed by atoms with E-state index in [0.29, 0.717) is 5.92 Å². The summed E-state index contributed by atoms with van der Waals surface area (Å²) in [6.07, 6.45) is 0. The van der Waals surface area contributed by atoms with Crippen LogP contribution in [0.1, 0.15) is 30.9 Å². The SMILES string of the molecule is Cc1cccc(-c2nc3ccccc3cc2C(C)C)c1. The standard InChI is InChI=1S/C19H19N/c1-13(2)17-12-15-8-4-5-10-18(15)20-19(17)16-9-6-7-14(3)11-16/h4-13H,1-3H3. The normalized spacial score (nSPS) is 11.2. The minimum Gasteiger partial charge on any atom is -0.247 e. The lowest BCUT2D eigenvalue weighted by Gasteiger charge is -2.14. The first kappa shape index (κ1) is 12.9. The number of para-hydroxylation sites is 1. The van der Waals surface area contributed by atoms with Crippen LogP contribution >= 0.6 is 0 Å². The number of hydrogen-bond donors (Lipinski definition) is 0. The summed E-state index contributed by atoms with van der Waals surface area (Å²) in [4.78, 5) is 4.91. The van der Waals surface area contributed by atoms with Crippen molar-refractivity contribution in [2.75, 3.05) is 0 Å². The van der Waals surface area contributed by atoms with Crippen LogP contribution in [0.3, 0.4) is 0 Å². The Kier molecular flexibility index (Phi) is 3.27. The second-order valence-electron chi connectivity index (χ2n) is 5.64. The maximum absolute atomic E-state index is 4.91. The minimum atomic E-state index is 0.461. The van der Waals surface area contributed by atoms with Crippen LogP contribution in [0.4, 0.5) is 0 Å². The summed E-state index contributed by atoms with van der Waals surface area (Å²) in [5.41, 5.74) is 5.97. The Morgan fingerprint density at radius 2 is 1.70 bits per heavy atom. The van der Waals surface area contributed by atoms with Gasteiger partial charge in [-0.2, -0.15) is 0 Å². The smallest absolute Gasteiger partial charge is 0.0744 e. The van der Waals surface area contributed by atoms with Gasteiger partial charge in [-0.1, -0.05) is 55.8 Å². The summed E-state index contributed by atoms with van der Waals surface area (Å²) >= 11 is 0. The Bertz CT molecular complexity index is 757. The molecule has 1 heterocycles. The van der Waals surface area contributed by atoms with Crippen LogP contribution < -0.4 is 0 Å². The molecule has 0 unspecified atom stereocenters. The highest BCUT2D eigenvalue weighted by molar-refractivity contribution is 5.83. The molecule has 0 amide bonds. The highest BCUT2D eigenvalue weighted by Crippen LogP contribution is 2.30. The van der Waals surface area contributed by atoms with Crippen LogP contribution in [0.2, 0.25) is 0 Å². The lowest BCUT2D eigenvalue weighted by molar-refractivity contribution is 0.865. The molecule has 1 aromatic heterocycles. The molecule has 100 valence electrons. The second kappa shape index (κ2) is 5.09. The molecule has 0 spiro atoms. The van der Waals surface area contributed by atoms with Gasteiger partial charge in [0.2, 0.25) is 0 Å². The Balaban J connectivity index is 2.29. The van der Waals surface area contributed by atoms with Crippen LogP contribution in [0.25, 0.3) is 22.2 Å². The molecule has 0 bridgehead atoms. The van der Waals surface area contributed by atoms with Crippen molar-refractivity contribution in [1.29, 1.82) is 0 Å². The van der Waals surface area contributed by atoms with Crippen molar-refractivity contribution >= 4 is 10.9 Å². The number of rotatable bonds is 2. The van der Waals surface area contributed by atoms with Gasteiger partial charge in [0.05, 0.1) is 11.2 Å². The van der Waals surface area contributed by atoms with Crippen molar-refractivity contribution in [3.8, 4) is 11.3 Å². The zero-order valence-corrected chi connectivity index (χ0v) is 12.2. The van der Waals surface area contributed by atoms with E-state index in [1.54, 1.807) is 0 Å². The third-order valence-corrected chi connectivity index (χ3v) is 3.67. The maximum atomic E-state index is 4.91. The summed E-state index contributed by atoms with van der Waals surface area (Å²) in [6, 6.07) is 19.2. The van der Waals surface area contributed by atoms with E-state index in [2.05, 4.69) is 69.3 Å². The Hall–Kier alpha value is -2.15. The monoisotopic (exact) mass is 261 g/mol. The van der Waals surface area contributed by atoms with E-state index in [-0.39, 0.29) is 0 Å². The van der Waals surface area contributed by atoms with E-state index in [1.807, 2.05) is 6.07 Å². The number of aryl methyl sites for hydroxylation is 1. The van der Waals surface area contributed by atoms with Crippen molar-refractivity contribution in [3.05, 3.63) is 65.7 Å². The van der Waals surface area contributed by atoms with Gasteiger partial charge in [0, 0.05) is 10.9 Å². The number of hydrogen-bond acceptors (Lipinski definition) is 1. The van der Waals surface area contributed by atoms with E-state index < -0.39 is 0 Å². The third kappa shape index (κ3) is 2.32. The highest BCUT2D eigenvalue weighted by Gasteiger charge is 2.12. The number of aromatic nitrogens is 1. The molecular formula is C19H19N. The first-order valence-corrected chi connectivity index (χ1v) is 7.12. The van der Waals surface area contributed by atoms with Crippen LogP contribution in [-0.4, -0.2) is 4.98 Å². The molecule has 0 saturated carbocycles. The molecule has 1 heteroatoms. The van der Waals surface area contributed by atoms with E-state index >= 15 is 0 Å². The zero-order valence-electron chi connectivity index (χ0n) is 12.2. The van der Waals surface area contributed by atoms with Gasteiger partial charge in [-0.05, 0) is 36.6 Å². The first-order valence-electron chi connectivity index (χ1n) is 7.12. The highest BCUT2D eigenvalue weighted by atomic mass is 14.7. The van der Waals surface area contributed by atoms with Gasteiger partial charge in [0.1, 0.15) is 0 Å². The first-order chi connectivity index (χ1) is 9.65. The molecule has 0 aliphatic heterocycles. The van der Waals surface area contributed by atoms with Gasteiger partial charge >= 0.3 is 0 Å². The predicted octanol–water partition coefficient (Wildman–Crippen LogP) is 5.33. The number of pyridine rings is 1. The fourth-order valence-electron chi connectivity index (χ4n) is 2.60. The van der Waals surface area contributed by atoms with Crippen LogP contribution in [0.15, 0.2) is 54.6 Å². The third-order valence-electron chi connectivity index (χ3n) is 3.67. The molecule has 1 nitrogen and oxygen atoms in total. The van der Waals surface area contributed by atoms with Gasteiger partial charge < -0.3 is 0 Å². The van der Waals surface area contributed by atoms with E-state index in [0.717, 1.165) is 11.2 Å². The van der Waals surface area contributed by atoms with Gasteiger partial charge in [0.15, 0.2) is 0 Å². The predicted molar refractivity (Wildman–Crippen MR) is 86.0 cm³/mol. The summed E-state index contributed by atoms with van der Waals surface area (Å²) in [5.74, 6) is 0.461. The molecule has 20 heavy (non-hydrogen) atoms. The number of benzene rings is 2. The van der Waals surface area contributed by atoms with Gasteiger partial charge in [-0.25, -0.2) is 4.98 Å². The largest absolute Gasteiger partial charge is 0.247 e. The molecule has 3 rings (SSSR count). The van der Waals surface area contributed by atoms with Crippen LogP contribution in [-0.2, 0) is 0 Å². The Morgan fingerprint density at radius 3 is 2.45 bits per heavy atom. The molecule has 0 fully saturated rings. The molecule has 0 N–H and O–H groups in total. The lowest BCUT2D eigenvalue weighted by Crippen LogP contribution is -1.97. The molecule has 0 radical (unpaired) electrons. The van der Waals surface area contributed by atoms with Crippen LogP contribution in [0.5, 0.6) is 0 Å².